The molecule has 0 unspecified atom stereocenters. The second-order valence-electron chi connectivity index (χ2n) is 6.16. The van der Waals surface area contributed by atoms with Gasteiger partial charge in [-0.05, 0) is 68.0 Å². The number of carbonyl (C=O) groups is 1. The van der Waals surface area contributed by atoms with Gasteiger partial charge in [0.05, 0.1) is 11.1 Å². The first-order valence-corrected chi connectivity index (χ1v) is 9.59. The van der Waals surface area contributed by atoms with E-state index in [1.54, 1.807) is 30.3 Å². The number of anilines is 2. The van der Waals surface area contributed by atoms with Gasteiger partial charge in [-0.3, -0.25) is 4.79 Å². The van der Waals surface area contributed by atoms with Crippen LogP contribution in [-0.2, 0) is 0 Å². The molecule has 0 saturated heterocycles. The van der Waals surface area contributed by atoms with E-state index in [1.807, 2.05) is 0 Å². The Bertz CT molecular complexity index is 785. The van der Waals surface area contributed by atoms with Crippen LogP contribution in [0.3, 0.4) is 0 Å². The van der Waals surface area contributed by atoms with E-state index in [-0.39, 0.29) is 17.0 Å². The quantitative estimate of drug-likeness (QED) is 0.650. The fraction of sp³-hybridized carbons (Fsp3) is 0.333. The molecule has 1 amide bonds. The molecule has 0 radical (unpaired) electrons. The SMILES string of the molecule is O=C(Nc1ccc(F)c(Cl)c1)c1ccnc(NSC2CCC(O)CC2)c1. The Balaban J connectivity index is 1.59. The summed E-state index contributed by atoms with van der Waals surface area (Å²) in [6.45, 7) is 0. The maximum atomic E-state index is 13.2. The van der Waals surface area contributed by atoms with E-state index in [1.165, 1.54) is 18.2 Å². The summed E-state index contributed by atoms with van der Waals surface area (Å²) in [7, 11) is 0. The summed E-state index contributed by atoms with van der Waals surface area (Å²) in [5, 5.41) is 12.6. The van der Waals surface area contributed by atoms with Crippen molar-refractivity contribution in [2.75, 3.05) is 10.0 Å². The number of hydrogen-bond donors (Lipinski definition) is 3. The Morgan fingerprint density at radius 2 is 2.00 bits per heavy atom. The molecule has 1 aliphatic rings. The topological polar surface area (TPSA) is 74.2 Å². The molecule has 1 saturated carbocycles. The van der Waals surface area contributed by atoms with Crippen molar-refractivity contribution in [2.45, 2.75) is 37.0 Å². The summed E-state index contributed by atoms with van der Waals surface area (Å²) in [5.41, 5.74) is 0.852. The molecular formula is C18H19ClFN3O2S. The van der Waals surface area contributed by atoms with Crippen molar-refractivity contribution in [1.82, 2.24) is 4.98 Å². The lowest BCUT2D eigenvalue weighted by Gasteiger charge is -2.24. The van der Waals surface area contributed by atoms with Crippen LogP contribution in [0.1, 0.15) is 36.0 Å². The number of aromatic nitrogens is 1. The number of rotatable bonds is 5. The number of pyridine rings is 1. The van der Waals surface area contributed by atoms with Crippen LogP contribution in [-0.4, -0.2) is 27.4 Å². The van der Waals surface area contributed by atoms with Crippen LogP contribution in [0, 0.1) is 5.82 Å². The summed E-state index contributed by atoms with van der Waals surface area (Å²) in [6.07, 6.45) is 4.90. The molecule has 0 bridgehead atoms. The Morgan fingerprint density at radius 3 is 2.73 bits per heavy atom. The number of aliphatic hydroxyl groups excluding tert-OH is 1. The van der Waals surface area contributed by atoms with Gasteiger partial charge < -0.3 is 15.1 Å². The number of amides is 1. The Kier molecular flexibility index (Phi) is 6.34. The summed E-state index contributed by atoms with van der Waals surface area (Å²) >= 11 is 7.29. The molecule has 0 atom stereocenters. The minimum atomic E-state index is -0.535. The molecule has 1 aromatic heterocycles. The highest BCUT2D eigenvalue weighted by Gasteiger charge is 2.20. The summed E-state index contributed by atoms with van der Waals surface area (Å²) in [5.74, 6) is -0.276. The van der Waals surface area contributed by atoms with Gasteiger partial charge in [-0.25, -0.2) is 9.37 Å². The highest BCUT2D eigenvalue weighted by molar-refractivity contribution is 8.01. The Labute approximate surface area is 160 Å². The molecule has 1 heterocycles. The van der Waals surface area contributed by atoms with Gasteiger partial charge in [0.1, 0.15) is 11.6 Å². The van der Waals surface area contributed by atoms with Gasteiger partial charge >= 0.3 is 0 Å². The number of nitrogens with zero attached hydrogens (tertiary/aromatic N) is 1. The van der Waals surface area contributed by atoms with Crippen LogP contribution in [0.5, 0.6) is 0 Å². The fourth-order valence-electron chi connectivity index (χ4n) is 2.71. The fourth-order valence-corrected chi connectivity index (χ4v) is 3.80. The standard InChI is InChI=1S/C18H19ClFN3O2S/c19-15-10-12(1-6-16(15)20)22-18(25)11-7-8-21-17(9-11)23-26-14-4-2-13(24)3-5-14/h1,6-10,13-14,24H,2-5H2,(H,21,23)(H,22,25). The average Bonchev–Trinajstić information content (AvgIpc) is 2.64. The van der Waals surface area contributed by atoms with Crippen molar-refractivity contribution in [3.63, 3.8) is 0 Å². The second kappa shape index (κ2) is 8.70. The second-order valence-corrected chi connectivity index (χ2v) is 7.68. The first-order chi connectivity index (χ1) is 12.5. The zero-order valence-corrected chi connectivity index (χ0v) is 15.5. The number of halogens is 2. The molecule has 0 spiro atoms. The van der Waals surface area contributed by atoms with E-state index in [0.717, 1.165) is 25.7 Å². The van der Waals surface area contributed by atoms with Crippen molar-refractivity contribution in [3.8, 4) is 0 Å². The number of hydrogen-bond acceptors (Lipinski definition) is 5. The first-order valence-electron chi connectivity index (χ1n) is 8.33. The summed E-state index contributed by atoms with van der Waals surface area (Å²) in [4.78, 5) is 16.6. The molecule has 26 heavy (non-hydrogen) atoms. The van der Waals surface area contributed by atoms with Crippen molar-refractivity contribution in [1.29, 1.82) is 0 Å². The van der Waals surface area contributed by atoms with Crippen molar-refractivity contribution in [3.05, 3.63) is 52.9 Å². The first kappa shape index (κ1) is 18.9. The summed E-state index contributed by atoms with van der Waals surface area (Å²) < 4.78 is 16.4. The van der Waals surface area contributed by atoms with Crippen molar-refractivity contribution in [2.24, 2.45) is 0 Å². The molecule has 3 N–H and O–H groups in total. The molecule has 1 fully saturated rings. The zero-order valence-electron chi connectivity index (χ0n) is 13.9. The summed E-state index contributed by atoms with van der Waals surface area (Å²) in [6, 6.07) is 7.28. The van der Waals surface area contributed by atoms with E-state index in [9.17, 15) is 14.3 Å². The van der Waals surface area contributed by atoms with Crippen LogP contribution >= 0.6 is 23.5 Å². The van der Waals surface area contributed by atoms with Crippen molar-refractivity contribution >= 4 is 41.0 Å². The highest BCUT2D eigenvalue weighted by Crippen LogP contribution is 2.29. The molecule has 8 heteroatoms. The minimum Gasteiger partial charge on any atom is -0.393 e. The maximum absolute atomic E-state index is 13.2. The van der Waals surface area contributed by atoms with E-state index in [4.69, 9.17) is 11.6 Å². The molecule has 0 aliphatic heterocycles. The smallest absolute Gasteiger partial charge is 0.255 e. The van der Waals surface area contributed by atoms with Gasteiger partial charge in [0, 0.05) is 22.7 Å². The molecule has 2 aromatic rings. The van der Waals surface area contributed by atoms with Gasteiger partial charge in [-0.1, -0.05) is 11.6 Å². The number of nitrogens with one attached hydrogen (secondary N) is 2. The Morgan fingerprint density at radius 1 is 1.23 bits per heavy atom. The van der Waals surface area contributed by atoms with Gasteiger partial charge in [0.15, 0.2) is 0 Å². The normalized spacial score (nSPS) is 19.8. The molecule has 1 aliphatic carbocycles. The highest BCUT2D eigenvalue weighted by atomic mass is 35.5. The van der Waals surface area contributed by atoms with Crippen LogP contribution < -0.4 is 10.0 Å². The molecular weight excluding hydrogens is 377 g/mol. The average molecular weight is 396 g/mol. The van der Waals surface area contributed by atoms with Crippen LogP contribution in [0.2, 0.25) is 5.02 Å². The predicted octanol–water partition coefficient (Wildman–Crippen LogP) is 4.49. The van der Waals surface area contributed by atoms with Gasteiger partial charge in [-0.2, -0.15) is 0 Å². The maximum Gasteiger partial charge on any atom is 0.255 e. The molecule has 3 rings (SSSR count). The van der Waals surface area contributed by atoms with E-state index >= 15 is 0 Å². The largest absolute Gasteiger partial charge is 0.393 e. The van der Waals surface area contributed by atoms with E-state index < -0.39 is 5.82 Å². The van der Waals surface area contributed by atoms with Crippen molar-refractivity contribution < 1.29 is 14.3 Å². The lowest BCUT2D eigenvalue weighted by atomic mass is 9.97. The van der Waals surface area contributed by atoms with Crippen LogP contribution in [0.15, 0.2) is 36.5 Å². The predicted molar refractivity (Wildman–Crippen MR) is 103 cm³/mol. The third-order valence-corrected chi connectivity index (χ3v) is 5.59. The van der Waals surface area contributed by atoms with E-state index in [2.05, 4.69) is 15.0 Å². The lowest BCUT2D eigenvalue weighted by molar-refractivity contribution is 0.102. The van der Waals surface area contributed by atoms with Gasteiger partial charge in [-0.15, -0.1) is 0 Å². The van der Waals surface area contributed by atoms with Crippen LogP contribution in [0.25, 0.3) is 0 Å². The zero-order chi connectivity index (χ0) is 18.5. The monoisotopic (exact) mass is 395 g/mol. The third kappa shape index (κ3) is 5.09. The molecule has 138 valence electrons. The number of aliphatic hydroxyl groups is 1. The van der Waals surface area contributed by atoms with Gasteiger partial charge in [0.2, 0.25) is 0 Å². The number of benzene rings is 1. The minimum absolute atomic E-state index is 0.0473. The third-order valence-electron chi connectivity index (χ3n) is 4.17. The molecule has 5 nitrogen and oxygen atoms in total. The van der Waals surface area contributed by atoms with E-state index in [0.29, 0.717) is 22.3 Å². The number of carbonyl (C=O) groups excluding carboxylic acids is 1. The van der Waals surface area contributed by atoms with Crippen LogP contribution in [0.4, 0.5) is 15.9 Å². The Hall–Kier alpha value is -1.83. The lowest BCUT2D eigenvalue weighted by Crippen LogP contribution is -2.20. The van der Waals surface area contributed by atoms with Gasteiger partial charge in [0.25, 0.3) is 5.91 Å². The molecule has 1 aromatic carbocycles.